The molecular weight excluding hydrogens is 1700 g/mol. The third kappa shape index (κ3) is 22.2. The van der Waals surface area contributed by atoms with Crippen molar-refractivity contribution in [3.05, 3.63) is 132 Å². The standard InChI is InChI=1S/C80H88O46/c81-24-47-58(96)63(101)68(106)75(120-47)114-35-9-1-30(2-10-35)5-14-53(91)111-28-51-62(100)67(105)74(80(124-51)119-46-22-36-44(115-72(46)33-8-11-37(84)38(85)19-33)20-34(83)21-45(36)118-78-71(109)66(104)61(99)50(123-78)29-112-56(94)23-52(89)90)126-79-73(57(95)41(88)26-113-79)125-55(93)16-7-32-4-13-43(40(87)18-32)117-77-70(108)65(103)60(98)49(122-77)27-110-54(92)15-6-31-3-12-42(39(86)17-31)116-76-69(107)64(102)59(97)48(25-82)121-76/h1-22,41,47-51,57-71,73-82,88,95-109H,23-29H2,(H5-,83,84,85,86,87,89,90)/p+1/b14-5-,15-6-,16-7-/t41-,47-,48-,49-,50-,51+,57-,58-,59-,60-,61-,62+,63-,64-,65-,66-,67?,68+,69+,70+,71+,73+,74+,75-,76-,77-,78-,79+,80-/m0/s1. The Labute approximate surface area is 708 Å². The molecule has 1 aromatic heterocycles. The van der Waals surface area contributed by atoms with Crippen LogP contribution < -0.4 is 23.7 Å². The number of hydrogen-bond acceptors (Lipinski definition) is 44. The van der Waals surface area contributed by atoms with E-state index in [1.807, 2.05) is 0 Å². The molecule has 12 rings (SSSR count). The molecule has 7 heterocycles. The number of aliphatic hydroxyl groups is 18. The number of carboxylic acid groups (broad SMARTS) is 1. The van der Waals surface area contributed by atoms with Gasteiger partial charge in [-0.1, -0.05) is 24.3 Å². The van der Waals surface area contributed by atoms with E-state index in [9.17, 15) is 141 Å². The lowest BCUT2D eigenvalue weighted by molar-refractivity contribution is -0.345. The Balaban J connectivity index is 0.755. The highest BCUT2D eigenvalue weighted by molar-refractivity contribution is 5.91. The predicted molar refractivity (Wildman–Crippen MR) is 407 cm³/mol. The smallest absolute Gasteiger partial charge is 0.402 e. The van der Waals surface area contributed by atoms with Crippen LogP contribution in [0.5, 0.6) is 57.5 Å². The number of aromatic hydroxyl groups is 5. The second-order valence-corrected chi connectivity index (χ2v) is 29.3. The fraction of sp³-hybridized carbons (Fsp3) is 0.450. The summed E-state index contributed by atoms with van der Waals surface area (Å²) in [6.45, 7) is -4.89. The van der Waals surface area contributed by atoms with E-state index in [4.69, 9.17) is 85.3 Å². The highest BCUT2D eigenvalue weighted by Gasteiger charge is 2.54. The van der Waals surface area contributed by atoms with Gasteiger partial charge in [-0.05, 0) is 83.4 Å². The molecular formula is C80H89O46+. The number of carbonyl (C=O) groups is 5. The Bertz CT molecular complexity index is 4870. The number of benzene rings is 5. The summed E-state index contributed by atoms with van der Waals surface area (Å²) >= 11 is 0. The van der Waals surface area contributed by atoms with Crippen LogP contribution in [-0.2, 0) is 76.1 Å². The van der Waals surface area contributed by atoms with Gasteiger partial charge in [-0.3, -0.25) is 9.59 Å². The van der Waals surface area contributed by atoms with Crippen LogP contribution in [0.2, 0.25) is 0 Å². The van der Waals surface area contributed by atoms with Gasteiger partial charge in [0.25, 0.3) is 0 Å². The van der Waals surface area contributed by atoms with Gasteiger partial charge in [-0.15, -0.1) is 0 Å². The molecule has 0 saturated carbocycles. The molecule has 46 nitrogen and oxygen atoms in total. The maximum absolute atomic E-state index is 13.9. The van der Waals surface area contributed by atoms with Gasteiger partial charge in [0, 0.05) is 36.4 Å². The number of fused-ring (bicyclic) bond motifs is 1. The van der Waals surface area contributed by atoms with Crippen molar-refractivity contribution in [2.45, 2.75) is 185 Å². The summed E-state index contributed by atoms with van der Waals surface area (Å²) < 4.78 is 97.0. The maximum atomic E-state index is 13.9. The molecule has 6 aliphatic rings. The van der Waals surface area contributed by atoms with E-state index in [1.54, 1.807) is 0 Å². The molecule has 6 aliphatic heterocycles. The van der Waals surface area contributed by atoms with Crippen LogP contribution in [-0.4, -0.2) is 370 Å². The highest BCUT2D eigenvalue weighted by Crippen LogP contribution is 2.45. The molecule has 126 heavy (non-hydrogen) atoms. The molecule has 684 valence electrons. The fourth-order valence-corrected chi connectivity index (χ4v) is 13.5. The van der Waals surface area contributed by atoms with E-state index in [1.165, 1.54) is 60.7 Å². The predicted octanol–water partition coefficient (Wildman–Crippen LogP) is -5.92. The quantitative estimate of drug-likeness (QED) is 0.00499. The van der Waals surface area contributed by atoms with Crippen molar-refractivity contribution in [2.24, 2.45) is 0 Å². The minimum atomic E-state index is -2.32. The summed E-state index contributed by atoms with van der Waals surface area (Å²) in [5.74, 6) is -11.9. The maximum Gasteiger partial charge on any atom is 0.402 e. The summed E-state index contributed by atoms with van der Waals surface area (Å²) in [6.07, 6.45) is -49.7. The van der Waals surface area contributed by atoms with Gasteiger partial charge in [-0.2, -0.15) is 0 Å². The Kier molecular flexibility index (Phi) is 30.8. The molecule has 6 saturated heterocycles. The lowest BCUT2D eigenvalue weighted by Gasteiger charge is -2.45. The Morgan fingerprint density at radius 3 is 1.33 bits per heavy atom. The Hall–Kier alpha value is -10.9. The molecule has 29 atom stereocenters. The van der Waals surface area contributed by atoms with E-state index in [2.05, 4.69) is 0 Å². The number of rotatable bonds is 30. The second-order valence-electron chi connectivity index (χ2n) is 29.3. The molecule has 1 unspecified atom stereocenters. The minimum absolute atomic E-state index is 0.000178. The Morgan fingerprint density at radius 2 is 0.833 bits per heavy atom. The largest absolute Gasteiger partial charge is 0.507 e. The topological polar surface area (TPSA) is 730 Å². The Morgan fingerprint density at radius 1 is 0.389 bits per heavy atom. The number of aliphatic carboxylic acids is 1. The summed E-state index contributed by atoms with van der Waals surface area (Å²) in [7, 11) is 0. The van der Waals surface area contributed by atoms with E-state index in [0.29, 0.717) is 5.56 Å². The highest BCUT2D eigenvalue weighted by atomic mass is 16.8. The number of carbonyl (C=O) groups excluding carboxylic acids is 4. The molecule has 0 spiro atoms. The zero-order valence-corrected chi connectivity index (χ0v) is 65.1. The summed E-state index contributed by atoms with van der Waals surface area (Å²) in [5.41, 5.74) is -0.00805. The number of aliphatic hydroxyl groups excluding tert-OH is 18. The lowest BCUT2D eigenvalue weighted by Crippen LogP contribution is -2.64. The molecule has 0 aliphatic carbocycles. The molecule has 0 bridgehead atoms. The van der Waals surface area contributed by atoms with Crippen molar-refractivity contribution in [1.29, 1.82) is 0 Å². The van der Waals surface area contributed by atoms with Crippen molar-refractivity contribution >= 4 is 59.0 Å². The first-order chi connectivity index (χ1) is 59.9. The molecule has 5 aromatic carbocycles. The van der Waals surface area contributed by atoms with Crippen molar-refractivity contribution < 1.29 is 227 Å². The van der Waals surface area contributed by atoms with Crippen molar-refractivity contribution in [3.8, 4) is 68.8 Å². The van der Waals surface area contributed by atoms with Crippen LogP contribution in [0.3, 0.4) is 0 Å². The van der Waals surface area contributed by atoms with Gasteiger partial charge in [0.05, 0.1) is 31.5 Å². The minimum Gasteiger partial charge on any atom is -0.507 e. The summed E-state index contributed by atoms with van der Waals surface area (Å²) in [4.78, 5) is 63.6. The van der Waals surface area contributed by atoms with Crippen LogP contribution in [0.4, 0.5) is 0 Å². The molecule has 0 radical (unpaired) electrons. The van der Waals surface area contributed by atoms with Crippen LogP contribution in [0, 0.1) is 0 Å². The third-order valence-electron chi connectivity index (χ3n) is 20.5. The molecule has 24 N–H and O–H groups in total. The van der Waals surface area contributed by atoms with Crippen molar-refractivity contribution in [1.82, 2.24) is 0 Å². The molecule has 6 aromatic rings. The van der Waals surface area contributed by atoms with Crippen LogP contribution in [0.25, 0.3) is 40.5 Å². The monoisotopic (exact) mass is 1790 g/mol. The van der Waals surface area contributed by atoms with Gasteiger partial charge in [-0.25, -0.2) is 18.8 Å². The SMILES string of the molecule is O=C(O)CC(=O)OC[C@@H]1O[C@H](Oc2cc(O)cc3[o+]c(-c4ccc(O)c(O)c4)c(O[C@H]4O[C@H](COC(=O)/C=C\c5ccc(O[C@H]6O[C@@H](CO)[C@H](O)[C@H](O)[C@H]6O)cc5)[C@@H](O)C(O)[C@H]4O[C@H]4OC[C@H](O)[C@H](O)[C@H]4OC(=O)/C=C\c4ccc(O[C@H]5O[C@@H](COC(=O)/C=C\c6ccc(O[C@H]7O[C@@H](CO)[C@H](O)[C@H](O)[C@H]7O)c(O)c6)[C@H](O)[C@H](O)[C@H]5O)c(O)c4)cc23)[C@H](O)[C@@H](O)[C@H]1O. The van der Waals surface area contributed by atoms with Crippen LogP contribution in [0.15, 0.2) is 120 Å². The average Bonchev–Trinajstić information content (AvgIpc) is 0.762. The zero-order chi connectivity index (χ0) is 91.0. The number of carboxylic acids is 1. The zero-order valence-electron chi connectivity index (χ0n) is 65.1. The first-order valence-corrected chi connectivity index (χ1v) is 38.3. The second kappa shape index (κ2) is 41.2. The van der Waals surface area contributed by atoms with Crippen molar-refractivity contribution in [2.75, 3.05) is 39.6 Å². The van der Waals surface area contributed by atoms with E-state index >= 15 is 0 Å². The van der Waals surface area contributed by atoms with Crippen molar-refractivity contribution in [3.63, 3.8) is 0 Å². The van der Waals surface area contributed by atoms with Gasteiger partial charge >= 0.3 is 41.2 Å². The number of ether oxygens (including phenoxy) is 16. The average molecular weight is 1790 g/mol. The molecule has 6 fully saturated rings. The van der Waals surface area contributed by atoms with Gasteiger partial charge in [0.1, 0.15) is 177 Å². The van der Waals surface area contributed by atoms with Crippen LogP contribution >= 0.6 is 0 Å². The van der Waals surface area contributed by atoms with Gasteiger partial charge in [0.15, 0.2) is 53.0 Å². The van der Waals surface area contributed by atoms with Gasteiger partial charge < -0.3 is 198 Å². The first kappa shape index (κ1) is 94.2. The van der Waals surface area contributed by atoms with E-state index in [0.717, 1.165) is 72.8 Å². The fourth-order valence-electron chi connectivity index (χ4n) is 13.5. The lowest BCUT2D eigenvalue weighted by atomic mass is 9.98. The number of phenolic OH excluding ortho intramolecular Hbond substituents is 5. The van der Waals surface area contributed by atoms with Crippen LogP contribution in [0.1, 0.15) is 23.1 Å². The number of hydrogen-bond donors (Lipinski definition) is 24. The van der Waals surface area contributed by atoms with E-state index in [-0.39, 0.29) is 39.2 Å². The first-order valence-electron chi connectivity index (χ1n) is 38.3. The van der Waals surface area contributed by atoms with E-state index < -0.39 is 306 Å². The number of phenols is 5. The number of esters is 4. The summed E-state index contributed by atoms with van der Waals surface area (Å²) in [5, 5.41) is 256. The van der Waals surface area contributed by atoms with Gasteiger partial charge in [0.2, 0.25) is 37.2 Å². The molecule has 0 amide bonds. The summed E-state index contributed by atoms with van der Waals surface area (Å²) in [6, 6.07) is 18.7. The molecule has 46 heteroatoms. The third-order valence-corrected chi connectivity index (χ3v) is 20.5. The normalized spacial score (nSPS) is 33.0.